The van der Waals surface area contributed by atoms with Crippen molar-refractivity contribution in [3.05, 3.63) is 28.8 Å². The summed E-state index contributed by atoms with van der Waals surface area (Å²) in [5.74, 6) is 0.783. The Morgan fingerprint density at radius 2 is 2.10 bits per heavy atom. The van der Waals surface area contributed by atoms with Crippen LogP contribution in [0.4, 0.5) is 0 Å². The van der Waals surface area contributed by atoms with Gasteiger partial charge in [0, 0.05) is 19.6 Å². The Labute approximate surface area is 133 Å². The van der Waals surface area contributed by atoms with Gasteiger partial charge in [-0.2, -0.15) is 0 Å². The number of hydrogen-bond donors (Lipinski definition) is 1. The van der Waals surface area contributed by atoms with Gasteiger partial charge in [0.1, 0.15) is 11.9 Å². The van der Waals surface area contributed by atoms with Crippen molar-refractivity contribution in [1.82, 2.24) is 5.32 Å². The molecule has 3 nitrogen and oxygen atoms in total. The topological polar surface area (TPSA) is 30.5 Å². The summed E-state index contributed by atoms with van der Waals surface area (Å²) in [4.78, 5) is 0. The first-order valence-electron chi connectivity index (χ1n) is 7.86. The summed E-state index contributed by atoms with van der Waals surface area (Å²) < 4.78 is 11.5. The van der Waals surface area contributed by atoms with E-state index in [9.17, 15) is 0 Å². The van der Waals surface area contributed by atoms with Crippen LogP contribution in [0, 0.1) is 0 Å². The van der Waals surface area contributed by atoms with Gasteiger partial charge in [-0.05, 0) is 50.4 Å². The molecule has 1 aliphatic rings. The molecule has 4 heteroatoms. The van der Waals surface area contributed by atoms with Crippen LogP contribution < -0.4 is 10.1 Å². The SMILES string of the molecule is CCNC(C)c1ccc(OC2CCCC(OC)C2)c(Cl)c1. The van der Waals surface area contributed by atoms with E-state index in [4.69, 9.17) is 21.1 Å². The fraction of sp³-hybridized carbons (Fsp3) is 0.647. The maximum absolute atomic E-state index is 6.38. The minimum absolute atomic E-state index is 0.207. The number of halogens is 1. The molecule has 0 spiro atoms. The largest absolute Gasteiger partial charge is 0.489 e. The van der Waals surface area contributed by atoms with E-state index in [2.05, 4.69) is 25.2 Å². The van der Waals surface area contributed by atoms with Gasteiger partial charge in [0.25, 0.3) is 0 Å². The molecule has 118 valence electrons. The summed E-state index contributed by atoms with van der Waals surface area (Å²) in [6, 6.07) is 6.38. The van der Waals surface area contributed by atoms with Crippen LogP contribution in [-0.4, -0.2) is 25.9 Å². The fourth-order valence-corrected chi connectivity index (χ4v) is 3.14. The molecule has 3 unspecified atom stereocenters. The van der Waals surface area contributed by atoms with Crippen LogP contribution in [0.3, 0.4) is 0 Å². The zero-order valence-electron chi connectivity index (χ0n) is 13.2. The van der Waals surface area contributed by atoms with E-state index in [-0.39, 0.29) is 6.10 Å². The van der Waals surface area contributed by atoms with Crippen LogP contribution in [0.15, 0.2) is 18.2 Å². The van der Waals surface area contributed by atoms with E-state index in [1.54, 1.807) is 7.11 Å². The second kappa shape index (κ2) is 8.02. The van der Waals surface area contributed by atoms with E-state index in [0.717, 1.165) is 38.0 Å². The zero-order valence-corrected chi connectivity index (χ0v) is 14.0. The first-order valence-corrected chi connectivity index (χ1v) is 8.24. The molecular formula is C17H26ClNO2. The summed E-state index contributed by atoms with van der Waals surface area (Å²) in [6.45, 7) is 5.18. The summed E-state index contributed by atoms with van der Waals surface area (Å²) in [5.41, 5.74) is 1.19. The van der Waals surface area contributed by atoms with Gasteiger partial charge in [-0.15, -0.1) is 0 Å². The number of hydrogen-bond acceptors (Lipinski definition) is 3. The Hall–Kier alpha value is -0.770. The quantitative estimate of drug-likeness (QED) is 0.847. The number of methoxy groups -OCH3 is 1. The van der Waals surface area contributed by atoms with Gasteiger partial charge in [0.15, 0.2) is 0 Å². The van der Waals surface area contributed by atoms with Crippen molar-refractivity contribution in [2.24, 2.45) is 0 Å². The molecule has 1 N–H and O–H groups in total. The van der Waals surface area contributed by atoms with E-state index in [1.165, 1.54) is 5.56 Å². The van der Waals surface area contributed by atoms with Crippen LogP contribution in [0.1, 0.15) is 51.1 Å². The van der Waals surface area contributed by atoms with Crippen LogP contribution >= 0.6 is 11.6 Å². The second-order valence-electron chi connectivity index (χ2n) is 5.73. The first kappa shape index (κ1) is 16.6. The minimum Gasteiger partial charge on any atom is -0.489 e. The molecule has 2 rings (SSSR count). The summed E-state index contributed by atoms with van der Waals surface area (Å²) >= 11 is 6.38. The van der Waals surface area contributed by atoms with Gasteiger partial charge >= 0.3 is 0 Å². The summed E-state index contributed by atoms with van der Waals surface area (Å²) in [5, 5.41) is 4.08. The van der Waals surface area contributed by atoms with Crippen molar-refractivity contribution in [2.75, 3.05) is 13.7 Å². The van der Waals surface area contributed by atoms with E-state index in [1.807, 2.05) is 12.1 Å². The van der Waals surface area contributed by atoms with Crippen molar-refractivity contribution >= 4 is 11.6 Å². The fourth-order valence-electron chi connectivity index (χ4n) is 2.91. The van der Waals surface area contributed by atoms with Crippen molar-refractivity contribution in [2.45, 2.75) is 57.8 Å². The lowest BCUT2D eigenvalue weighted by atomic mass is 9.95. The van der Waals surface area contributed by atoms with Crippen molar-refractivity contribution in [3.63, 3.8) is 0 Å². The predicted octanol–water partition coefficient (Wildman–Crippen LogP) is 4.35. The molecule has 0 aromatic heterocycles. The lowest BCUT2D eigenvalue weighted by molar-refractivity contribution is 0.0210. The highest BCUT2D eigenvalue weighted by atomic mass is 35.5. The molecular weight excluding hydrogens is 286 g/mol. The smallest absolute Gasteiger partial charge is 0.138 e. The van der Waals surface area contributed by atoms with Crippen LogP contribution in [0.2, 0.25) is 5.02 Å². The summed E-state index contributed by atoms with van der Waals surface area (Å²) in [7, 11) is 1.77. The third kappa shape index (κ3) is 4.60. The van der Waals surface area contributed by atoms with Crippen LogP contribution in [-0.2, 0) is 4.74 Å². The number of nitrogens with one attached hydrogen (secondary N) is 1. The van der Waals surface area contributed by atoms with Gasteiger partial charge < -0.3 is 14.8 Å². The highest BCUT2D eigenvalue weighted by molar-refractivity contribution is 6.32. The summed E-state index contributed by atoms with van der Waals surface area (Å²) in [6.07, 6.45) is 4.82. The van der Waals surface area contributed by atoms with Crippen molar-refractivity contribution < 1.29 is 9.47 Å². The van der Waals surface area contributed by atoms with Crippen LogP contribution in [0.25, 0.3) is 0 Å². The molecule has 0 amide bonds. The number of rotatable bonds is 6. The second-order valence-corrected chi connectivity index (χ2v) is 6.14. The molecule has 3 atom stereocenters. The molecule has 0 saturated heterocycles. The number of benzene rings is 1. The molecule has 1 fully saturated rings. The van der Waals surface area contributed by atoms with Gasteiger partial charge in [-0.25, -0.2) is 0 Å². The van der Waals surface area contributed by atoms with Crippen molar-refractivity contribution in [1.29, 1.82) is 0 Å². The average molecular weight is 312 g/mol. The van der Waals surface area contributed by atoms with Gasteiger partial charge in [-0.3, -0.25) is 0 Å². The molecule has 0 aliphatic heterocycles. The Morgan fingerprint density at radius 1 is 1.33 bits per heavy atom. The lowest BCUT2D eigenvalue weighted by Crippen LogP contribution is -2.29. The van der Waals surface area contributed by atoms with E-state index in [0.29, 0.717) is 17.2 Å². The highest BCUT2D eigenvalue weighted by Crippen LogP contribution is 2.31. The highest BCUT2D eigenvalue weighted by Gasteiger charge is 2.23. The van der Waals surface area contributed by atoms with Gasteiger partial charge in [-0.1, -0.05) is 24.6 Å². The molecule has 1 aromatic rings. The Morgan fingerprint density at radius 3 is 2.76 bits per heavy atom. The normalized spacial score (nSPS) is 23.8. The van der Waals surface area contributed by atoms with E-state index < -0.39 is 0 Å². The van der Waals surface area contributed by atoms with Crippen molar-refractivity contribution in [3.8, 4) is 5.75 Å². The minimum atomic E-state index is 0.207. The molecule has 1 saturated carbocycles. The first-order chi connectivity index (χ1) is 10.1. The zero-order chi connectivity index (χ0) is 15.2. The standard InChI is InChI=1S/C17H26ClNO2/c1-4-19-12(2)13-8-9-17(16(18)10-13)21-15-7-5-6-14(11-15)20-3/h8-10,12,14-15,19H,4-7,11H2,1-3H3. The molecule has 0 bridgehead atoms. The van der Waals surface area contributed by atoms with E-state index >= 15 is 0 Å². The lowest BCUT2D eigenvalue weighted by Gasteiger charge is -2.29. The molecule has 0 radical (unpaired) electrons. The van der Waals surface area contributed by atoms with Gasteiger partial charge in [0.2, 0.25) is 0 Å². The monoisotopic (exact) mass is 311 g/mol. The Bertz CT molecular complexity index is 452. The Balaban J connectivity index is 2.00. The third-order valence-electron chi connectivity index (χ3n) is 4.17. The molecule has 0 heterocycles. The maximum Gasteiger partial charge on any atom is 0.138 e. The molecule has 1 aromatic carbocycles. The van der Waals surface area contributed by atoms with Crippen LogP contribution in [0.5, 0.6) is 5.75 Å². The average Bonchev–Trinajstić information content (AvgIpc) is 2.49. The number of ether oxygens (including phenoxy) is 2. The maximum atomic E-state index is 6.38. The molecule has 21 heavy (non-hydrogen) atoms. The Kier molecular flexibility index (Phi) is 6.34. The third-order valence-corrected chi connectivity index (χ3v) is 4.47. The molecule has 1 aliphatic carbocycles. The van der Waals surface area contributed by atoms with Gasteiger partial charge in [0.05, 0.1) is 11.1 Å². The predicted molar refractivity (Wildman–Crippen MR) is 87.2 cm³/mol.